The zero-order valence-corrected chi connectivity index (χ0v) is 17.7. The van der Waals surface area contributed by atoms with Gasteiger partial charge >= 0.3 is 0 Å². The summed E-state index contributed by atoms with van der Waals surface area (Å²) in [6.45, 7) is 2.58. The highest BCUT2D eigenvalue weighted by molar-refractivity contribution is 7.89. The van der Waals surface area contributed by atoms with Crippen LogP contribution in [0.2, 0.25) is 0 Å². The number of rotatable bonds is 5. The first kappa shape index (κ1) is 20.5. The van der Waals surface area contributed by atoms with Gasteiger partial charge in [-0.2, -0.15) is 4.31 Å². The zero-order chi connectivity index (χ0) is 21.1. The minimum Gasteiger partial charge on any atom is -0.348 e. The maximum absolute atomic E-state index is 13.1. The minimum atomic E-state index is -3.58. The second-order valence-corrected chi connectivity index (χ2v) is 9.61. The molecule has 3 aromatic rings. The van der Waals surface area contributed by atoms with Gasteiger partial charge in [0.25, 0.3) is 0 Å². The Kier molecular flexibility index (Phi) is 5.83. The van der Waals surface area contributed by atoms with Gasteiger partial charge in [0.1, 0.15) is 0 Å². The van der Waals surface area contributed by atoms with Crippen LogP contribution in [0.1, 0.15) is 31.5 Å². The van der Waals surface area contributed by atoms with E-state index in [1.807, 2.05) is 55.5 Å². The molecule has 4 rings (SSSR count). The second kappa shape index (κ2) is 8.53. The molecule has 0 radical (unpaired) electrons. The average molecular weight is 424 g/mol. The first-order valence-electron chi connectivity index (χ1n) is 10.2. The topological polar surface area (TPSA) is 79.4 Å². The van der Waals surface area contributed by atoms with E-state index in [9.17, 15) is 13.2 Å². The summed E-state index contributed by atoms with van der Waals surface area (Å²) in [6, 6.07) is 18.3. The number of amides is 1. The molecule has 1 unspecified atom stereocenters. The predicted octanol–water partition coefficient (Wildman–Crippen LogP) is 3.51. The Balaban J connectivity index is 1.40. The number of benzene rings is 2. The Bertz CT molecular complexity index is 1140. The molecule has 1 saturated heterocycles. The van der Waals surface area contributed by atoms with Crippen molar-refractivity contribution in [3.63, 3.8) is 0 Å². The quantitative estimate of drug-likeness (QED) is 0.681. The van der Waals surface area contributed by atoms with E-state index >= 15 is 0 Å². The fraction of sp³-hybridized carbons (Fsp3) is 0.304. The molecule has 156 valence electrons. The molecule has 1 atom stereocenters. The Hall–Kier alpha value is -2.77. The number of hydrogen-bond donors (Lipinski definition) is 1. The smallest absolute Gasteiger partial charge is 0.243 e. The molecule has 1 amide bonds. The average Bonchev–Trinajstić information content (AvgIpc) is 2.79. The molecule has 30 heavy (non-hydrogen) atoms. The fourth-order valence-electron chi connectivity index (χ4n) is 3.87. The summed E-state index contributed by atoms with van der Waals surface area (Å²) < 4.78 is 27.7. The van der Waals surface area contributed by atoms with E-state index in [2.05, 4.69) is 10.3 Å². The minimum absolute atomic E-state index is 0.0455. The fourth-order valence-corrected chi connectivity index (χ4v) is 5.38. The van der Waals surface area contributed by atoms with Gasteiger partial charge in [-0.15, -0.1) is 0 Å². The molecule has 2 aromatic carbocycles. The lowest BCUT2D eigenvalue weighted by molar-refractivity contribution is -0.126. The third-order valence-corrected chi connectivity index (χ3v) is 7.57. The van der Waals surface area contributed by atoms with Crippen molar-refractivity contribution in [3.05, 3.63) is 72.6 Å². The Morgan fingerprint density at radius 1 is 1.03 bits per heavy atom. The molecule has 0 bridgehead atoms. The van der Waals surface area contributed by atoms with Crippen LogP contribution < -0.4 is 5.32 Å². The van der Waals surface area contributed by atoms with Gasteiger partial charge in [0, 0.05) is 25.2 Å². The molecule has 0 aliphatic carbocycles. The van der Waals surface area contributed by atoms with Gasteiger partial charge in [-0.25, -0.2) is 8.42 Å². The van der Waals surface area contributed by atoms with Crippen molar-refractivity contribution >= 4 is 26.7 Å². The predicted molar refractivity (Wildman–Crippen MR) is 116 cm³/mol. The Labute approximate surface area is 177 Å². The molecule has 7 heteroatoms. The molecule has 1 aliphatic rings. The van der Waals surface area contributed by atoms with E-state index in [0.717, 1.165) is 16.5 Å². The molecular formula is C23H25N3O3S. The summed E-state index contributed by atoms with van der Waals surface area (Å²) in [6.07, 6.45) is 2.72. The third kappa shape index (κ3) is 4.22. The van der Waals surface area contributed by atoms with Crippen LogP contribution in [-0.2, 0) is 14.8 Å². The number of piperidine rings is 1. The number of nitrogens with one attached hydrogen (secondary N) is 1. The molecule has 2 heterocycles. The van der Waals surface area contributed by atoms with Crippen LogP contribution in [0.3, 0.4) is 0 Å². The lowest BCUT2D eigenvalue weighted by atomic mass is 9.97. The molecule has 1 aliphatic heterocycles. The van der Waals surface area contributed by atoms with Crippen molar-refractivity contribution in [2.75, 3.05) is 13.1 Å². The first-order chi connectivity index (χ1) is 14.4. The standard InChI is InChI=1S/C23H25N3O3S/c1-17(22-8-4-5-13-24-22)25-23(27)19-11-14-26(15-12-19)30(28,29)21-10-9-18-6-2-3-7-20(18)16-21/h2-10,13,16-17,19H,11-12,14-15H2,1H3,(H,25,27). The lowest BCUT2D eigenvalue weighted by Crippen LogP contribution is -2.43. The van der Waals surface area contributed by atoms with Crippen LogP contribution in [0.15, 0.2) is 71.8 Å². The zero-order valence-electron chi connectivity index (χ0n) is 16.9. The number of hydrogen-bond acceptors (Lipinski definition) is 4. The van der Waals surface area contributed by atoms with Crippen LogP contribution in [0.25, 0.3) is 10.8 Å². The molecule has 0 saturated carbocycles. The van der Waals surface area contributed by atoms with Gasteiger partial charge < -0.3 is 5.32 Å². The number of nitrogens with zero attached hydrogens (tertiary/aromatic N) is 2. The van der Waals surface area contributed by atoms with Crippen molar-refractivity contribution in [2.45, 2.75) is 30.7 Å². The van der Waals surface area contributed by atoms with Crippen molar-refractivity contribution in [1.29, 1.82) is 0 Å². The third-order valence-electron chi connectivity index (χ3n) is 5.67. The highest BCUT2D eigenvalue weighted by atomic mass is 32.2. The summed E-state index contributed by atoms with van der Waals surface area (Å²) in [5.74, 6) is -0.241. The van der Waals surface area contributed by atoms with Crippen LogP contribution >= 0.6 is 0 Å². The molecule has 1 N–H and O–H groups in total. The number of aromatic nitrogens is 1. The summed E-state index contributed by atoms with van der Waals surface area (Å²) in [4.78, 5) is 17.2. The maximum atomic E-state index is 13.1. The van der Waals surface area contributed by atoms with E-state index in [-0.39, 0.29) is 17.9 Å². The highest BCUT2D eigenvalue weighted by Crippen LogP contribution is 2.26. The van der Waals surface area contributed by atoms with Crippen molar-refractivity contribution in [2.24, 2.45) is 5.92 Å². The van der Waals surface area contributed by atoms with E-state index in [1.54, 1.807) is 18.3 Å². The summed E-state index contributed by atoms with van der Waals surface area (Å²) in [5.41, 5.74) is 0.808. The van der Waals surface area contributed by atoms with Gasteiger partial charge in [-0.1, -0.05) is 36.4 Å². The maximum Gasteiger partial charge on any atom is 0.243 e. The van der Waals surface area contributed by atoms with E-state index in [1.165, 1.54) is 4.31 Å². The number of fused-ring (bicyclic) bond motifs is 1. The van der Waals surface area contributed by atoms with Gasteiger partial charge in [-0.05, 0) is 54.8 Å². The van der Waals surface area contributed by atoms with Gasteiger partial charge in [0.2, 0.25) is 15.9 Å². The lowest BCUT2D eigenvalue weighted by Gasteiger charge is -2.31. The first-order valence-corrected chi connectivity index (χ1v) is 11.6. The van der Waals surface area contributed by atoms with Crippen LogP contribution in [0.5, 0.6) is 0 Å². The number of pyridine rings is 1. The van der Waals surface area contributed by atoms with Crippen LogP contribution in [0, 0.1) is 5.92 Å². The molecule has 6 nitrogen and oxygen atoms in total. The molecular weight excluding hydrogens is 398 g/mol. The van der Waals surface area contributed by atoms with Crippen molar-refractivity contribution in [3.8, 4) is 0 Å². The van der Waals surface area contributed by atoms with Gasteiger partial charge in [0.15, 0.2) is 0 Å². The monoisotopic (exact) mass is 423 g/mol. The molecule has 1 aromatic heterocycles. The summed E-state index contributed by atoms with van der Waals surface area (Å²) >= 11 is 0. The van der Waals surface area contributed by atoms with Crippen molar-refractivity contribution in [1.82, 2.24) is 14.6 Å². The summed E-state index contributed by atoms with van der Waals surface area (Å²) in [7, 11) is -3.58. The number of sulfonamides is 1. The normalized spacial score (nSPS) is 17.0. The SMILES string of the molecule is CC(NC(=O)C1CCN(S(=O)(=O)c2ccc3ccccc3c2)CC1)c1ccccn1. The Morgan fingerprint density at radius 2 is 1.73 bits per heavy atom. The molecule has 0 spiro atoms. The Morgan fingerprint density at radius 3 is 2.43 bits per heavy atom. The van der Waals surface area contributed by atoms with Gasteiger partial charge in [-0.3, -0.25) is 9.78 Å². The van der Waals surface area contributed by atoms with Crippen LogP contribution in [0.4, 0.5) is 0 Å². The van der Waals surface area contributed by atoms with Crippen molar-refractivity contribution < 1.29 is 13.2 Å². The second-order valence-electron chi connectivity index (χ2n) is 7.67. The van der Waals surface area contributed by atoms with Gasteiger partial charge in [0.05, 0.1) is 16.6 Å². The van der Waals surface area contributed by atoms with E-state index < -0.39 is 10.0 Å². The highest BCUT2D eigenvalue weighted by Gasteiger charge is 2.32. The molecule has 1 fully saturated rings. The van der Waals surface area contributed by atoms with Crippen LogP contribution in [-0.4, -0.2) is 36.7 Å². The van der Waals surface area contributed by atoms with E-state index in [0.29, 0.717) is 30.8 Å². The summed E-state index contributed by atoms with van der Waals surface area (Å²) in [5, 5.41) is 4.91. The number of carbonyl (C=O) groups excluding carboxylic acids is 1. The number of carbonyl (C=O) groups is 1. The largest absolute Gasteiger partial charge is 0.348 e. The van der Waals surface area contributed by atoms with E-state index in [4.69, 9.17) is 0 Å².